The number of carbonyl (C=O) groups is 3. The molecule has 0 atom stereocenters. The van der Waals surface area contributed by atoms with E-state index in [2.05, 4.69) is 0 Å². The van der Waals surface area contributed by atoms with E-state index in [0.717, 1.165) is 16.7 Å². The van der Waals surface area contributed by atoms with Crippen LogP contribution in [0.4, 0.5) is 14.9 Å². The SMILES string of the molecule is O=C(Oc1ccc(C=C2SC(=O)N(c3ccc(Cl)cc3)C2=O)cc1)c1ccc(F)cc1. The van der Waals surface area contributed by atoms with Gasteiger partial charge in [0.25, 0.3) is 11.1 Å². The topological polar surface area (TPSA) is 63.7 Å². The summed E-state index contributed by atoms with van der Waals surface area (Å²) in [6.45, 7) is 0. The summed E-state index contributed by atoms with van der Waals surface area (Å²) in [4.78, 5) is 38.5. The molecule has 0 spiro atoms. The molecule has 5 nitrogen and oxygen atoms in total. The van der Waals surface area contributed by atoms with E-state index >= 15 is 0 Å². The lowest BCUT2D eigenvalue weighted by Crippen LogP contribution is -2.27. The van der Waals surface area contributed by atoms with E-state index in [1.807, 2.05) is 0 Å². The molecule has 1 saturated heterocycles. The zero-order chi connectivity index (χ0) is 22.0. The summed E-state index contributed by atoms with van der Waals surface area (Å²) in [5, 5.41) is 0.106. The first-order valence-corrected chi connectivity index (χ1v) is 10.2. The number of benzene rings is 3. The molecule has 0 unspecified atom stereocenters. The molecule has 3 aromatic rings. The van der Waals surface area contributed by atoms with Crippen molar-refractivity contribution in [2.24, 2.45) is 0 Å². The Labute approximate surface area is 186 Å². The minimum Gasteiger partial charge on any atom is -0.423 e. The average molecular weight is 454 g/mol. The van der Waals surface area contributed by atoms with Crippen molar-refractivity contribution < 1.29 is 23.5 Å². The molecule has 0 radical (unpaired) electrons. The Morgan fingerprint density at radius 2 is 1.58 bits per heavy atom. The summed E-state index contributed by atoms with van der Waals surface area (Å²) in [5.41, 5.74) is 1.32. The summed E-state index contributed by atoms with van der Waals surface area (Å²) in [6.07, 6.45) is 1.59. The Hall–Kier alpha value is -3.42. The van der Waals surface area contributed by atoms with E-state index in [4.69, 9.17) is 16.3 Å². The van der Waals surface area contributed by atoms with Crippen molar-refractivity contribution in [1.29, 1.82) is 0 Å². The van der Waals surface area contributed by atoms with Gasteiger partial charge in [-0.05, 0) is 84.1 Å². The van der Waals surface area contributed by atoms with Gasteiger partial charge < -0.3 is 4.74 Å². The predicted molar refractivity (Wildman–Crippen MR) is 118 cm³/mol. The van der Waals surface area contributed by atoms with Crippen molar-refractivity contribution in [2.45, 2.75) is 0 Å². The highest BCUT2D eigenvalue weighted by Gasteiger charge is 2.36. The van der Waals surface area contributed by atoms with E-state index in [9.17, 15) is 18.8 Å². The van der Waals surface area contributed by atoms with Crippen LogP contribution in [0.2, 0.25) is 5.02 Å². The summed E-state index contributed by atoms with van der Waals surface area (Å²) < 4.78 is 18.2. The number of thioether (sulfide) groups is 1. The maximum absolute atomic E-state index is 13.0. The van der Waals surface area contributed by atoms with Crippen molar-refractivity contribution in [3.8, 4) is 5.75 Å². The van der Waals surface area contributed by atoms with Crippen LogP contribution in [0.5, 0.6) is 5.75 Å². The molecule has 31 heavy (non-hydrogen) atoms. The Balaban J connectivity index is 1.47. The van der Waals surface area contributed by atoms with Gasteiger partial charge in [0.2, 0.25) is 0 Å². The fourth-order valence-electron chi connectivity index (χ4n) is 2.82. The number of ether oxygens (including phenoxy) is 1. The second-order valence-corrected chi connectivity index (χ2v) is 7.89. The minimum absolute atomic E-state index is 0.223. The summed E-state index contributed by atoms with van der Waals surface area (Å²) in [5.74, 6) is -1.19. The maximum Gasteiger partial charge on any atom is 0.343 e. The van der Waals surface area contributed by atoms with Gasteiger partial charge in [-0.2, -0.15) is 0 Å². The van der Waals surface area contributed by atoms with Gasteiger partial charge in [-0.3, -0.25) is 9.59 Å². The van der Waals surface area contributed by atoms with Gasteiger partial charge >= 0.3 is 5.97 Å². The predicted octanol–water partition coefficient (Wildman–Crippen LogP) is 5.94. The maximum atomic E-state index is 13.0. The fourth-order valence-corrected chi connectivity index (χ4v) is 3.78. The van der Waals surface area contributed by atoms with Crippen LogP contribution >= 0.6 is 23.4 Å². The highest BCUT2D eigenvalue weighted by molar-refractivity contribution is 8.19. The van der Waals surface area contributed by atoms with Crippen LogP contribution in [0, 0.1) is 5.82 Å². The third-order valence-electron chi connectivity index (χ3n) is 4.35. The molecule has 2 amide bonds. The zero-order valence-corrected chi connectivity index (χ0v) is 17.3. The first-order chi connectivity index (χ1) is 14.9. The number of imide groups is 1. The summed E-state index contributed by atoms with van der Waals surface area (Å²) in [7, 11) is 0. The third-order valence-corrected chi connectivity index (χ3v) is 5.47. The van der Waals surface area contributed by atoms with Crippen LogP contribution < -0.4 is 9.64 Å². The van der Waals surface area contributed by atoms with Crippen LogP contribution in [-0.4, -0.2) is 17.1 Å². The normalized spacial score (nSPS) is 14.9. The van der Waals surface area contributed by atoms with E-state index in [1.165, 1.54) is 24.3 Å². The second-order valence-electron chi connectivity index (χ2n) is 6.46. The summed E-state index contributed by atoms with van der Waals surface area (Å²) >= 11 is 6.70. The lowest BCUT2D eigenvalue weighted by Gasteiger charge is -2.12. The standard InChI is InChI=1S/C23H13ClFNO4S/c24-16-5-9-18(10-6-16)26-21(27)20(31-23(26)29)13-14-1-11-19(12-2-14)30-22(28)15-3-7-17(25)8-4-15/h1-13H. The van der Waals surface area contributed by atoms with Crippen molar-refractivity contribution in [2.75, 3.05) is 4.90 Å². The Morgan fingerprint density at radius 1 is 0.935 bits per heavy atom. The van der Waals surface area contributed by atoms with Crippen molar-refractivity contribution in [3.05, 3.63) is 99.7 Å². The third kappa shape index (κ3) is 4.68. The van der Waals surface area contributed by atoms with Crippen molar-refractivity contribution in [3.63, 3.8) is 0 Å². The van der Waals surface area contributed by atoms with Crippen molar-refractivity contribution >= 4 is 52.2 Å². The zero-order valence-electron chi connectivity index (χ0n) is 15.7. The first-order valence-electron chi connectivity index (χ1n) is 9.02. The number of carbonyl (C=O) groups excluding carboxylic acids is 3. The Morgan fingerprint density at radius 3 is 2.23 bits per heavy atom. The van der Waals surface area contributed by atoms with E-state index in [-0.39, 0.29) is 10.5 Å². The van der Waals surface area contributed by atoms with Gasteiger partial charge in [0.1, 0.15) is 11.6 Å². The van der Waals surface area contributed by atoms with Gasteiger partial charge in [-0.25, -0.2) is 14.1 Å². The fraction of sp³-hybridized carbons (Fsp3) is 0. The molecule has 0 N–H and O–H groups in total. The smallest absolute Gasteiger partial charge is 0.343 e. The highest BCUT2D eigenvalue weighted by Crippen LogP contribution is 2.36. The van der Waals surface area contributed by atoms with Crippen molar-refractivity contribution in [1.82, 2.24) is 0 Å². The molecule has 154 valence electrons. The molecule has 1 aliphatic rings. The van der Waals surface area contributed by atoms with Crippen LogP contribution in [0.3, 0.4) is 0 Å². The van der Waals surface area contributed by atoms with Gasteiger partial charge in [0, 0.05) is 5.02 Å². The largest absolute Gasteiger partial charge is 0.423 e. The van der Waals surface area contributed by atoms with Crippen LogP contribution in [0.25, 0.3) is 6.08 Å². The van der Waals surface area contributed by atoms with Gasteiger partial charge in [0.05, 0.1) is 16.2 Å². The number of amides is 2. The molecule has 0 aliphatic carbocycles. The van der Waals surface area contributed by atoms with Gasteiger partial charge in [0.15, 0.2) is 0 Å². The number of nitrogens with zero attached hydrogens (tertiary/aromatic N) is 1. The monoisotopic (exact) mass is 453 g/mol. The molecule has 4 rings (SSSR count). The van der Waals surface area contributed by atoms with Crippen LogP contribution in [-0.2, 0) is 4.79 Å². The number of halogens is 2. The molecule has 0 bridgehead atoms. The highest BCUT2D eigenvalue weighted by atomic mass is 35.5. The number of hydrogen-bond acceptors (Lipinski definition) is 5. The molecule has 1 aliphatic heterocycles. The molecule has 1 fully saturated rings. The second kappa shape index (κ2) is 8.75. The molecule has 8 heteroatoms. The molecule has 0 saturated carbocycles. The number of esters is 1. The Kier molecular flexibility index (Phi) is 5.88. The summed E-state index contributed by atoms with van der Waals surface area (Å²) in [6, 6.07) is 17.9. The quantitative estimate of drug-likeness (QED) is 0.278. The number of rotatable bonds is 4. The molecule has 1 heterocycles. The van der Waals surface area contributed by atoms with E-state index < -0.39 is 22.9 Å². The number of anilines is 1. The van der Waals surface area contributed by atoms with Crippen LogP contribution in [0.1, 0.15) is 15.9 Å². The minimum atomic E-state index is -0.614. The lowest BCUT2D eigenvalue weighted by molar-refractivity contribution is -0.113. The molecule has 3 aromatic carbocycles. The van der Waals surface area contributed by atoms with Gasteiger partial charge in [-0.1, -0.05) is 23.7 Å². The average Bonchev–Trinajstić information content (AvgIpc) is 3.03. The van der Waals surface area contributed by atoms with E-state index in [0.29, 0.717) is 22.0 Å². The first kappa shape index (κ1) is 20.8. The lowest BCUT2D eigenvalue weighted by atomic mass is 10.2. The van der Waals surface area contributed by atoms with Gasteiger partial charge in [-0.15, -0.1) is 0 Å². The van der Waals surface area contributed by atoms with E-state index in [1.54, 1.807) is 54.6 Å². The molecular formula is C23H13ClFNO4S. The van der Waals surface area contributed by atoms with Crippen LogP contribution in [0.15, 0.2) is 77.7 Å². The molecule has 0 aromatic heterocycles. The number of hydrogen-bond donors (Lipinski definition) is 0. The Bertz CT molecular complexity index is 1190. The molecular weight excluding hydrogens is 441 g/mol.